The quantitative estimate of drug-likeness (QED) is 0.154. The lowest BCUT2D eigenvalue weighted by atomic mass is 9.84. The highest BCUT2D eigenvalue weighted by Crippen LogP contribution is 2.46. The lowest BCUT2D eigenvalue weighted by Gasteiger charge is -2.19. The second kappa shape index (κ2) is 14.3. The van der Waals surface area contributed by atoms with Crippen LogP contribution in [0.5, 0.6) is 0 Å². The van der Waals surface area contributed by atoms with Gasteiger partial charge in [0.25, 0.3) is 0 Å². The van der Waals surface area contributed by atoms with Crippen LogP contribution in [0.25, 0.3) is 116 Å². The van der Waals surface area contributed by atoms with Crippen LogP contribution in [0.3, 0.4) is 0 Å². The number of hydrogen-bond acceptors (Lipinski definition) is 1. The van der Waals surface area contributed by atoms with Gasteiger partial charge in [-0.1, -0.05) is 188 Å². The molecule has 0 aliphatic heterocycles. The van der Waals surface area contributed by atoms with Crippen LogP contribution in [-0.2, 0) is 0 Å². The molecule has 0 spiro atoms. The summed E-state index contributed by atoms with van der Waals surface area (Å²) in [5.41, 5.74) is 14.0. The van der Waals surface area contributed by atoms with E-state index in [2.05, 4.69) is 223 Å². The molecule has 2 nitrogen and oxygen atoms in total. The van der Waals surface area contributed by atoms with Crippen molar-refractivity contribution in [3.05, 3.63) is 231 Å². The molecular weight excluding hydrogens is 737 g/mol. The minimum Gasteiger partial charge on any atom is -0.292 e. The van der Waals surface area contributed by atoms with E-state index in [1.165, 1.54) is 87.6 Å². The first-order valence-corrected chi connectivity index (χ1v) is 20.9. The average molecular weight is 775 g/mol. The molecule has 0 unspecified atom stereocenters. The Morgan fingerprint density at radius 3 is 1.38 bits per heavy atom. The molecule has 12 aromatic rings. The molecule has 1 aromatic heterocycles. The van der Waals surface area contributed by atoms with Crippen molar-refractivity contribution in [3.63, 3.8) is 0 Å². The summed E-state index contributed by atoms with van der Waals surface area (Å²) in [5.74, 6) is 0.940. The second-order valence-electron chi connectivity index (χ2n) is 15.9. The predicted molar refractivity (Wildman–Crippen MR) is 258 cm³/mol. The van der Waals surface area contributed by atoms with Crippen LogP contribution in [-0.4, -0.2) is 9.55 Å². The van der Waals surface area contributed by atoms with Gasteiger partial charge in [-0.25, -0.2) is 4.98 Å². The third-order valence-electron chi connectivity index (χ3n) is 12.4. The maximum Gasteiger partial charge on any atom is 0.145 e. The monoisotopic (exact) mass is 774 g/mol. The third-order valence-corrected chi connectivity index (χ3v) is 12.4. The molecule has 0 aliphatic rings. The molecule has 1 heterocycles. The summed E-state index contributed by atoms with van der Waals surface area (Å²) >= 11 is 0. The standard InChI is InChI=1S/C59H38N2/c1-2-14-44(15-3-1)59-60-55-20-10-11-21-56(55)61(59)50-33-30-42(31-34-50)41-22-24-43(25-23-41)47-32-35-53-54(38-47)58(49-29-27-40-13-5-7-17-46(40)37-49)52-19-9-8-18-51(52)57(53)48-28-26-39-12-4-6-16-45(39)36-48/h1-38H. The molecule has 0 N–H and O–H groups in total. The largest absolute Gasteiger partial charge is 0.292 e. The van der Waals surface area contributed by atoms with E-state index in [0.717, 1.165) is 28.1 Å². The topological polar surface area (TPSA) is 17.8 Å². The summed E-state index contributed by atoms with van der Waals surface area (Å²) in [5, 5.41) is 9.99. The summed E-state index contributed by atoms with van der Waals surface area (Å²) in [6, 6.07) is 83.8. The SMILES string of the molecule is c1ccc(-c2nc3ccccc3n2-c2ccc(-c3ccc(-c4ccc5c(-c6ccc7ccccc7c6)c6ccccc6c(-c6ccc7ccccc7c6)c5c4)cc3)cc2)cc1. The molecule has 61 heavy (non-hydrogen) atoms. The van der Waals surface area contributed by atoms with E-state index in [-0.39, 0.29) is 0 Å². The van der Waals surface area contributed by atoms with Crippen molar-refractivity contribution in [2.45, 2.75) is 0 Å². The fraction of sp³-hybridized carbons (Fsp3) is 0. The minimum absolute atomic E-state index is 0.940. The highest BCUT2D eigenvalue weighted by atomic mass is 15.1. The van der Waals surface area contributed by atoms with E-state index >= 15 is 0 Å². The normalized spacial score (nSPS) is 11.6. The van der Waals surface area contributed by atoms with Gasteiger partial charge in [-0.15, -0.1) is 0 Å². The average Bonchev–Trinajstić information content (AvgIpc) is 3.73. The molecule has 2 heteroatoms. The zero-order valence-corrected chi connectivity index (χ0v) is 33.3. The molecule has 12 rings (SSSR count). The molecule has 0 saturated heterocycles. The Balaban J connectivity index is 0.973. The van der Waals surface area contributed by atoms with E-state index in [1.807, 2.05) is 12.1 Å². The summed E-state index contributed by atoms with van der Waals surface area (Å²) in [6.45, 7) is 0. The van der Waals surface area contributed by atoms with Crippen molar-refractivity contribution < 1.29 is 0 Å². The Kier molecular flexibility index (Phi) is 8.21. The molecule has 0 aliphatic carbocycles. The van der Waals surface area contributed by atoms with Crippen molar-refractivity contribution in [3.8, 4) is 61.6 Å². The van der Waals surface area contributed by atoms with Gasteiger partial charge in [0.15, 0.2) is 0 Å². The maximum absolute atomic E-state index is 5.04. The van der Waals surface area contributed by atoms with E-state index in [1.54, 1.807) is 0 Å². The Morgan fingerprint density at radius 1 is 0.279 bits per heavy atom. The van der Waals surface area contributed by atoms with Crippen LogP contribution in [0.15, 0.2) is 231 Å². The van der Waals surface area contributed by atoms with Gasteiger partial charge in [0.1, 0.15) is 5.82 Å². The molecular formula is C59H38N2. The number of imidazole rings is 1. The van der Waals surface area contributed by atoms with Crippen molar-refractivity contribution in [1.82, 2.24) is 9.55 Å². The van der Waals surface area contributed by atoms with Crippen LogP contribution in [0.4, 0.5) is 0 Å². The van der Waals surface area contributed by atoms with Crippen LogP contribution >= 0.6 is 0 Å². The van der Waals surface area contributed by atoms with Crippen molar-refractivity contribution >= 4 is 54.1 Å². The van der Waals surface area contributed by atoms with Gasteiger partial charge in [-0.2, -0.15) is 0 Å². The third kappa shape index (κ3) is 6.00. The van der Waals surface area contributed by atoms with Gasteiger partial charge >= 0.3 is 0 Å². The first kappa shape index (κ1) is 34.9. The Bertz CT molecular complexity index is 3620. The predicted octanol–water partition coefficient (Wildman–Crippen LogP) is 16.0. The fourth-order valence-corrected chi connectivity index (χ4v) is 9.40. The molecule has 284 valence electrons. The molecule has 0 bridgehead atoms. The Hall–Kier alpha value is -8.07. The number of para-hydroxylation sites is 2. The van der Waals surface area contributed by atoms with Crippen LogP contribution < -0.4 is 0 Å². The summed E-state index contributed by atoms with van der Waals surface area (Å²) in [6.07, 6.45) is 0. The summed E-state index contributed by atoms with van der Waals surface area (Å²) in [7, 11) is 0. The number of benzene rings is 11. The molecule has 0 amide bonds. The van der Waals surface area contributed by atoms with Gasteiger partial charge < -0.3 is 0 Å². The minimum atomic E-state index is 0.940. The number of nitrogens with zero attached hydrogens (tertiary/aromatic N) is 2. The zero-order valence-electron chi connectivity index (χ0n) is 33.3. The maximum atomic E-state index is 5.04. The van der Waals surface area contributed by atoms with Crippen molar-refractivity contribution in [2.24, 2.45) is 0 Å². The van der Waals surface area contributed by atoms with Gasteiger partial charge in [-0.3, -0.25) is 4.57 Å². The number of hydrogen-bond donors (Lipinski definition) is 0. The Morgan fingerprint density at radius 2 is 0.738 bits per heavy atom. The van der Waals surface area contributed by atoms with E-state index in [9.17, 15) is 0 Å². The zero-order chi connectivity index (χ0) is 40.3. The molecule has 0 radical (unpaired) electrons. The molecule has 0 atom stereocenters. The smallest absolute Gasteiger partial charge is 0.145 e. The Labute approximate surface area is 354 Å². The van der Waals surface area contributed by atoms with Gasteiger partial charge in [0.2, 0.25) is 0 Å². The van der Waals surface area contributed by atoms with E-state index < -0.39 is 0 Å². The molecule has 0 fully saturated rings. The van der Waals surface area contributed by atoms with E-state index in [0.29, 0.717) is 0 Å². The van der Waals surface area contributed by atoms with Crippen LogP contribution in [0.2, 0.25) is 0 Å². The second-order valence-corrected chi connectivity index (χ2v) is 15.9. The number of rotatable bonds is 6. The molecule has 0 saturated carbocycles. The van der Waals surface area contributed by atoms with Crippen molar-refractivity contribution in [2.75, 3.05) is 0 Å². The van der Waals surface area contributed by atoms with Gasteiger partial charge in [0, 0.05) is 11.3 Å². The number of fused-ring (bicyclic) bond motifs is 5. The van der Waals surface area contributed by atoms with Crippen LogP contribution in [0.1, 0.15) is 0 Å². The highest BCUT2D eigenvalue weighted by Gasteiger charge is 2.19. The summed E-state index contributed by atoms with van der Waals surface area (Å²) < 4.78 is 2.26. The first-order chi connectivity index (χ1) is 30.2. The summed E-state index contributed by atoms with van der Waals surface area (Å²) in [4.78, 5) is 5.04. The van der Waals surface area contributed by atoms with Crippen LogP contribution in [0, 0.1) is 0 Å². The first-order valence-electron chi connectivity index (χ1n) is 20.9. The fourth-order valence-electron chi connectivity index (χ4n) is 9.40. The van der Waals surface area contributed by atoms with Crippen molar-refractivity contribution in [1.29, 1.82) is 0 Å². The molecule has 11 aromatic carbocycles. The van der Waals surface area contributed by atoms with Gasteiger partial charge in [0.05, 0.1) is 11.0 Å². The lowest BCUT2D eigenvalue weighted by molar-refractivity contribution is 1.10. The van der Waals surface area contributed by atoms with Gasteiger partial charge in [-0.05, 0) is 130 Å². The highest BCUT2D eigenvalue weighted by molar-refractivity contribution is 6.22. The number of aromatic nitrogens is 2. The van der Waals surface area contributed by atoms with E-state index in [4.69, 9.17) is 4.98 Å². The lowest BCUT2D eigenvalue weighted by Crippen LogP contribution is -1.97.